The van der Waals surface area contributed by atoms with Crippen LogP contribution < -0.4 is 10.6 Å². The fraction of sp³-hybridized carbons (Fsp3) is 0.458. The number of carbonyl (C=O) groups excluding carboxylic acids is 1. The third-order valence-electron chi connectivity index (χ3n) is 6.80. The summed E-state index contributed by atoms with van der Waals surface area (Å²) >= 11 is 6.15. The zero-order valence-corrected chi connectivity index (χ0v) is 19.3. The van der Waals surface area contributed by atoms with Gasteiger partial charge in [-0.05, 0) is 64.2 Å². The molecule has 0 radical (unpaired) electrons. The quantitative estimate of drug-likeness (QED) is 0.586. The number of fused-ring (bicyclic) bond motifs is 1. The second-order valence-electron chi connectivity index (χ2n) is 9.05. The van der Waals surface area contributed by atoms with Gasteiger partial charge in [0.15, 0.2) is 5.65 Å². The van der Waals surface area contributed by atoms with Crippen molar-refractivity contribution in [1.29, 1.82) is 0 Å². The van der Waals surface area contributed by atoms with Gasteiger partial charge in [0.1, 0.15) is 5.82 Å². The molecule has 168 valence electrons. The highest BCUT2D eigenvalue weighted by molar-refractivity contribution is 6.31. The molecule has 2 atom stereocenters. The molecule has 2 fully saturated rings. The summed E-state index contributed by atoms with van der Waals surface area (Å²) in [6.45, 7) is 6.06. The Balaban J connectivity index is 1.50. The van der Waals surface area contributed by atoms with E-state index in [0.29, 0.717) is 28.9 Å². The minimum atomic E-state index is -0.106. The van der Waals surface area contributed by atoms with Gasteiger partial charge < -0.3 is 15.5 Å². The number of benzene rings is 1. The number of nitrogens with zero attached hydrogens (tertiary/aromatic N) is 5. The third-order valence-corrected chi connectivity index (χ3v) is 7.03. The molecule has 0 saturated carbocycles. The maximum Gasteiger partial charge on any atom is 0.256 e. The van der Waals surface area contributed by atoms with Gasteiger partial charge in [-0.25, -0.2) is 9.50 Å². The van der Waals surface area contributed by atoms with E-state index in [4.69, 9.17) is 27.4 Å². The molecule has 1 amide bonds. The van der Waals surface area contributed by atoms with Crippen LogP contribution in [0.2, 0.25) is 5.02 Å². The maximum atomic E-state index is 13.4. The van der Waals surface area contributed by atoms with Gasteiger partial charge >= 0.3 is 0 Å². The summed E-state index contributed by atoms with van der Waals surface area (Å²) in [4.78, 5) is 22.7. The predicted molar refractivity (Wildman–Crippen MR) is 127 cm³/mol. The first-order valence-electron chi connectivity index (χ1n) is 11.4. The smallest absolute Gasteiger partial charge is 0.256 e. The number of hydrogen-bond donors (Lipinski definition) is 1. The number of amides is 1. The summed E-state index contributed by atoms with van der Waals surface area (Å²) in [7, 11) is 0. The van der Waals surface area contributed by atoms with Crippen molar-refractivity contribution in [1.82, 2.24) is 19.5 Å². The van der Waals surface area contributed by atoms with Crippen LogP contribution in [0.5, 0.6) is 0 Å². The molecule has 0 aliphatic carbocycles. The van der Waals surface area contributed by atoms with Crippen molar-refractivity contribution in [2.75, 3.05) is 23.7 Å². The Labute approximate surface area is 193 Å². The largest absolute Gasteiger partial charge is 0.398 e. The van der Waals surface area contributed by atoms with E-state index in [9.17, 15) is 4.79 Å². The lowest BCUT2D eigenvalue weighted by atomic mass is 9.98. The van der Waals surface area contributed by atoms with Crippen LogP contribution in [0.25, 0.3) is 5.65 Å². The minimum Gasteiger partial charge on any atom is -0.398 e. The van der Waals surface area contributed by atoms with Gasteiger partial charge in [-0.2, -0.15) is 5.10 Å². The summed E-state index contributed by atoms with van der Waals surface area (Å²) < 4.78 is 1.85. The highest BCUT2D eigenvalue weighted by Crippen LogP contribution is 2.34. The lowest BCUT2D eigenvalue weighted by Crippen LogP contribution is -2.39. The Morgan fingerprint density at radius 3 is 2.78 bits per heavy atom. The standard InChI is InChI=1S/C24H29ClN6O/c1-15-14-31-22(27-23(15)29-11-5-6-16(29)2)13-20(28-31)21-7-3-4-10-30(21)24(32)18-12-17(25)8-9-19(18)26/h8-9,12-14,16,21H,3-7,10-11,26H2,1-2H3/t16-,21+/m1/s1. The number of halogens is 1. The van der Waals surface area contributed by atoms with Crippen LogP contribution in [-0.2, 0) is 0 Å². The number of anilines is 2. The molecular formula is C24H29ClN6O. The molecule has 0 spiro atoms. The van der Waals surface area contributed by atoms with Crippen molar-refractivity contribution in [3.05, 3.63) is 52.3 Å². The second kappa shape index (κ2) is 8.28. The molecule has 2 aromatic heterocycles. The van der Waals surface area contributed by atoms with Gasteiger partial charge in [0.25, 0.3) is 5.91 Å². The molecule has 0 unspecified atom stereocenters. The molecule has 4 heterocycles. The number of nitrogens with two attached hydrogens (primary N) is 1. The lowest BCUT2D eigenvalue weighted by molar-refractivity contribution is 0.0607. The van der Waals surface area contributed by atoms with Crippen molar-refractivity contribution in [3.63, 3.8) is 0 Å². The summed E-state index contributed by atoms with van der Waals surface area (Å²) in [6, 6.07) is 7.47. The van der Waals surface area contributed by atoms with Crippen molar-refractivity contribution >= 4 is 34.7 Å². The first-order chi connectivity index (χ1) is 15.4. The van der Waals surface area contributed by atoms with Gasteiger partial charge in [0, 0.05) is 47.7 Å². The predicted octanol–water partition coefficient (Wildman–Crippen LogP) is 4.63. The van der Waals surface area contributed by atoms with Crippen molar-refractivity contribution in [3.8, 4) is 0 Å². The molecule has 7 nitrogen and oxygen atoms in total. The van der Waals surface area contributed by atoms with Crippen LogP contribution in [0, 0.1) is 6.92 Å². The number of hydrogen-bond acceptors (Lipinski definition) is 5. The topological polar surface area (TPSA) is 79.8 Å². The van der Waals surface area contributed by atoms with E-state index in [0.717, 1.165) is 48.5 Å². The van der Waals surface area contributed by atoms with Crippen LogP contribution in [0.15, 0.2) is 30.5 Å². The molecular weight excluding hydrogens is 424 g/mol. The summed E-state index contributed by atoms with van der Waals surface area (Å²) in [5.41, 5.74) is 9.81. The number of aromatic nitrogens is 3. The van der Waals surface area contributed by atoms with E-state index in [1.54, 1.807) is 18.2 Å². The average molecular weight is 453 g/mol. The van der Waals surface area contributed by atoms with Crippen LogP contribution >= 0.6 is 11.6 Å². The Bertz CT molecular complexity index is 1170. The fourth-order valence-electron chi connectivity index (χ4n) is 5.07. The average Bonchev–Trinajstić information content (AvgIpc) is 3.39. The van der Waals surface area contributed by atoms with Crippen LogP contribution in [-0.4, -0.2) is 44.5 Å². The normalized spacial score (nSPS) is 21.5. The molecule has 2 aliphatic rings. The SMILES string of the molecule is Cc1cn2nc([C@@H]3CCCCN3C(=O)c3cc(Cl)ccc3N)cc2nc1N1CCC[C@H]1C. The van der Waals surface area contributed by atoms with Crippen LogP contribution in [0.4, 0.5) is 11.5 Å². The van der Waals surface area contributed by atoms with E-state index >= 15 is 0 Å². The van der Waals surface area contributed by atoms with Gasteiger partial charge in [-0.1, -0.05) is 11.6 Å². The first kappa shape index (κ1) is 21.1. The van der Waals surface area contributed by atoms with Crippen LogP contribution in [0.3, 0.4) is 0 Å². The van der Waals surface area contributed by atoms with Gasteiger partial charge in [0.2, 0.25) is 0 Å². The van der Waals surface area contributed by atoms with E-state index in [-0.39, 0.29) is 11.9 Å². The Morgan fingerprint density at radius 1 is 1.16 bits per heavy atom. The zero-order chi connectivity index (χ0) is 22.4. The molecule has 2 aliphatic heterocycles. The number of aryl methyl sites for hydroxylation is 1. The van der Waals surface area contributed by atoms with Gasteiger partial charge in [0.05, 0.1) is 17.3 Å². The molecule has 1 aromatic carbocycles. The van der Waals surface area contributed by atoms with Crippen molar-refractivity contribution in [2.24, 2.45) is 0 Å². The number of likely N-dealkylation sites (tertiary alicyclic amines) is 1. The van der Waals surface area contributed by atoms with Crippen LogP contribution in [0.1, 0.15) is 66.7 Å². The highest BCUT2D eigenvalue weighted by atomic mass is 35.5. The molecule has 2 N–H and O–H groups in total. The fourth-order valence-corrected chi connectivity index (χ4v) is 5.24. The molecule has 0 bridgehead atoms. The first-order valence-corrected chi connectivity index (χ1v) is 11.8. The lowest BCUT2D eigenvalue weighted by Gasteiger charge is -2.35. The number of piperidine rings is 1. The van der Waals surface area contributed by atoms with Crippen molar-refractivity contribution < 1.29 is 4.79 Å². The minimum absolute atomic E-state index is 0.0949. The van der Waals surface area contributed by atoms with E-state index < -0.39 is 0 Å². The molecule has 32 heavy (non-hydrogen) atoms. The Hall–Kier alpha value is -2.80. The Morgan fingerprint density at radius 2 is 2.00 bits per heavy atom. The molecule has 8 heteroatoms. The third kappa shape index (κ3) is 3.68. The second-order valence-corrected chi connectivity index (χ2v) is 9.48. The maximum absolute atomic E-state index is 13.4. The monoisotopic (exact) mass is 452 g/mol. The Kier molecular flexibility index (Phi) is 5.45. The summed E-state index contributed by atoms with van der Waals surface area (Å²) in [6.07, 6.45) is 7.33. The molecule has 2 saturated heterocycles. The van der Waals surface area contributed by atoms with Gasteiger partial charge in [-0.3, -0.25) is 4.79 Å². The number of rotatable bonds is 3. The van der Waals surface area contributed by atoms with E-state index in [1.807, 2.05) is 15.5 Å². The zero-order valence-electron chi connectivity index (χ0n) is 18.6. The van der Waals surface area contributed by atoms with Gasteiger partial charge in [-0.15, -0.1) is 0 Å². The van der Waals surface area contributed by atoms with Crippen molar-refractivity contribution in [2.45, 2.75) is 58.0 Å². The molecule has 3 aromatic rings. The van der Waals surface area contributed by atoms with E-state index in [2.05, 4.69) is 24.9 Å². The van der Waals surface area contributed by atoms with E-state index in [1.165, 1.54) is 12.8 Å². The number of nitrogen functional groups attached to an aromatic ring is 1. The summed E-state index contributed by atoms with van der Waals surface area (Å²) in [5.74, 6) is 0.944. The number of carbonyl (C=O) groups is 1. The molecule has 5 rings (SSSR count). The summed E-state index contributed by atoms with van der Waals surface area (Å²) in [5, 5.41) is 5.34. The highest BCUT2D eigenvalue weighted by Gasteiger charge is 2.32.